The highest BCUT2D eigenvalue weighted by atomic mass is 31.2. The van der Waals surface area contributed by atoms with Gasteiger partial charge < -0.3 is 20.1 Å². The smallest absolute Gasteiger partial charge is 0.462 e. The van der Waals surface area contributed by atoms with Crippen LogP contribution >= 0.6 is 7.82 Å². The first-order chi connectivity index (χ1) is 26.3. The molecule has 0 aromatic carbocycles. The van der Waals surface area contributed by atoms with Crippen LogP contribution in [0.25, 0.3) is 0 Å². The topological polar surface area (TPSA) is 134 Å². The number of rotatable bonds is 40. The number of phosphoric acid groups is 1. The van der Waals surface area contributed by atoms with Crippen LogP contribution in [0.1, 0.15) is 187 Å². The number of hydrogen-bond acceptors (Lipinski definition) is 8. The molecule has 0 saturated carbocycles. The van der Waals surface area contributed by atoms with Crippen LogP contribution in [-0.2, 0) is 32.7 Å². The van der Waals surface area contributed by atoms with Crippen molar-refractivity contribution < 1.29 is 37.6 Å². The molecule has 314 valence electrons. The molecule has 0 spiro atoms. The molecule has 0 aromatic rings. The summed E-state index contributed by atoms with van der Waals surface area (Å²) in [6, 6.07) is 0. The summed E-state index contributed by atoms with van der Waals surface area (Å²) in [5.74, 6) is -0.838. The van der Waals surface area contributed by atoms with Gasteiger partial charge in [-0.2, -0.15) is 0 Å². The minimum absolute atomic E-state index is 0.0533. The van der Waals surface area contributed by atoms with E-state index in [1.54, 1.807) is 0 Å². The van der Waals surface area contributed by atoms with Crippen molar-refractivity contribution in [2.24, 2.45) is 5.73 Å². The summed E-state index contributed by atoms with van der Waals surface area (Å²) in [5, 5.41) is 0. The van der Waals surface area contributed by atoms with Gasteiger partial charge in [0.15, 0.2) is 6.10 Å². The number of nitrogens with two attached hydrogens (primary N) is 1. The van der Waals surface area contributed by atoms with Gasteiger partial charge in [0.25, 0.3) is 0 Å². The second-order valence-electron chi connectivity index (χ2n) is 14.2. The van der Waals surface area contributed by atoms with Crippen LogP contribution in [0, 0.1) is 0 Å². The Labute approximate surface area is 330 Å². The zero-order valence-corrected chi connectivity index (χ0v) is 35.3. The SMILES string of the molecule is CC/C=C\C/C=C\C/C=C\C/C=C\CCCCCCCCCCCCCCCCC(=O)OC(COC(=O)CCCCCCCC)COP(=O)(O)OCCN. The molecule has 0 bridgehead atoms. The lowest BCUT2D eigenvalue weighted by Crippen LogP contribution is -2.29. The van der Waals surface area contributed by atoms with Crippen LogP contribution in [0.5, 0.6) is 0 Å². The molecule has 2 unspecified atom stereocenters. The molecule has 10 heteroatoms. The lowest BCUT2D eigenvalue weighted by molar-refractivity contribution is -0.161. The van der Waals surface area contributed by atoms with Crippen LogP contribution in [0.2, 0.25) is 0 Å². The van der Waals surface area contributed by atoms with Gasteiger partial charge in [-0.3, -0.25) is 18.6 Å². The Hall–Kier alpha value is -2.03. The number of esters is 2. The molecule has 0 heterocycles. The second kappa shape index (κ2) is 40.6. The van der Waals surface area contributed by atoms with Gasteiger partial charge in [-0.25, -0.2) is 4.57 Å². The Morgan fingerprint density at radius 1 is 0.574 bits per heavy atom. The number of phosphoric ester groups is 1. The summed E-state index contributed by atoms with van der Waals surface area (Å²) in [7, 11) is -4.37. The Balaban J connectivity index is 3.90. The van der Waals surface area contributed by atoms with Gasteiger partial charge >= 0.3 is 19.8 Å². The van der Waals surface area contributed by atoms with E-state index in [1.165, 1.54) is 83.5 Å². The van der Waals surface area contributed by atoms with Crippen molar-refractivity contribution in [2.45, 2.75) is 193 Å². The van der Waals surface area contributed by atoms with Crippen molar-refractivity contribution >= 4 is 19.8 Å². The third kappa shape index (κ3) is 39.7. The van der Waals surface area contributed by atoms with Crippen LogP contribution in [0.4, 0.5) is 0 Å². The molecule has 0 aliphatic carbocycles. The molecule has 9 nitrogen and oxygen atoms in total. The summed E-state index contributed by atoms with van der Waals surface area (Å²) >= 11 is 0. The summed E-state index contributed by atoms with van der Waals surface area (Å²) in [6.07, 6.45) is 46.2. The van der Waals surface area contributed by atoms with E-state index >= 15 is 0 Å². The number of carbonyl (C=O) groups is 2. The van der Waals surface area contributed by atoms with E-state index in [0.29, 0.717) is 6.42 Å². The Morgan fingerprint density at radius 2 is 1.02 bits per heavy atom. The molecule has 2 atom stereocenters. The molecular formula is C44H80NO8P. The molecule has 0 amide bonds. The molecule has 0 fully saturated rings. The maximum atomic E-state index is 12.5. The van der Waals surface area contributed by atoms with Crippen LogP contribution < -0.4 is 5.73 Å². The fraction of sp³-hybridized carbons (Fsp3) is 0.773. The number of unbranched alkanes of at least 4 members (excludes halogenated alkanes) is 19. The first-order valence-electron chi connectivity index (χ1n) is 21.6. The molecule has 3 N–H and O–H groups in total. The highest BCUT2D eigenvalue weighted by Gasteiger charge is 2.26. The van der Waals surface area contributed by atoms with E-state index in [1.807, 2.05) is 0 Å². The summed E-state index contributed by atoms with van der Waals surface area (Å²) in [6.45, 7) is 3.55. The molecule has 0 aliphatic rings. The van der Waals surface area contributed by atoms with Crippen LogP contribution in [-0.4, -0.2) is 49.3 Å². The van der Waals surface area contributed by atoms with Crippen molar-refractivity contribution in [1.29, 1.82) is 0 Å². The van der Waals surface area contributed by atoms with E-state index in [0.717, 1.165) is 70.6 Å². The molecule has 0 aromatic heterocycles. The maximum absolute atomic E-state index is 12.5. The number of carbonyl (C=O) groups excluding carboxylic acids is 2. The maximum Gasteiger partial charge on any atom is 0.472 e. The van der Waals surface area contributed by atoms with Crippen molar-refractivity contribution in [2.75, 3.05) is 26.4 Å². The van der Waals surface area contributed by atoms with E-state index in [4.69, 9.17) is 24.3 Å². The average molecular weight is 782 g/mol. The fourth-order valence-electron chi connectivity index (χ4n) is 5.80. The molecule has 54 heavy (non-hydrogen) atoms. The monoisotopic (exact) mass is 782 g/mol. The normalized spacial score (nSPS) is 13.8. The number of ether oxygens (including phenoxy) is 2. The summed E-state index contributed by atoms with van der Waals surface area (Å²) < 4.78 is 32.6. The highest BCUT2D eigenvalue weighted by Crippen LogP contribution is 2.43. The Bertz CT molecular complexity index is 1030. The summed E-state index contributed by atoms with van der Waals surface area (Å²) in [4.78, 5) is 34.6. The second-order valence-corrected chi connectivity index (χ2v) is 15.6. The predicted molar refractivity (Wildman–Crippen MR) is 224 cm³/mol. The molecular weight excluding hydrogens is 701 g/mol. The Morgan fingerprint density at radius 3 is 1.52 bits per heavy atom. The minimum atomic E-state index is -4.37. The van der Waals surface area contributed by atoms with Crippen LogP contribution in [0.15, 0.2) is 48.6 Å². The molecule has 0 aliphatic heterocycles. The zero-order valence-electron chi connectivity index (χ0n) is 34.4. The van der Waals surface area contributed by atoms with Gasteiger partial charge in [-0.1, -0.05) is 172 Å². The van der Waals surface area contributed by atoms with Crippen molar-refractivity contribution in [1.82, 2.24) is 0 Å². The minimum Gasteiger partial charge on any atom is -0.462 e. The molecule has 0 saturated heterocycles. The zero-order chi connectivity index (χ0) is 39.6. The van der Waals surface area contributed by atoms with E-state index in [-0.39, 0.29) is 32.6 Å². The first-order valence-corrected chi connectivity index (χ1v) is 23.1. The van der Waals surface area contributed by atoms with Gasteiger partial charge in [0.1, 0.15) is 6.61 Å². The lowest BCUT2D eigenvalue weighted by atomic mass is 10.0. The van der Waals surface area contributed by atoms with E-state index in [9.17, 15) is 19.0 Å². The van der Waals surface area contributed by atoms with Gasteiger partial charge in [0.05, 0.1) is 13.2 Å². The molecule has 0 radical (unpaired) electrons. The van der Waals surface area contributed by atoms with Crippen LogP contribution in [0.3, 0.4) is 0 Å². The largest absolute Gasteiger partial charge is 0.472 e. The van der Waals surface area contributed by atoms with Crippen molar-refractivity contribution in [3.63, 3.8) is 0 Å². The standard InChI is InChI=1S/C44H80NO8P/c1-3-5-7-9-11-12-13-14-15-16-17-18-19-20-21-22-23-24-25-26-27-28-29-30-31-33-35-37-44(47)53-42(41-52-54(48,49)51-39-38-45)40-50-43(46)36-34-32-10-8-6-4-2/h5,7,11-12,14-15,17-18,42H,3-4,6,8-10,13,16,19-41,45H2,1-2H3,(H,48,49)/b7-5-,12-11-,15-14-,18-17-. The Kier molecular flexibility index (Phi) is 39.1. The summed E-state index contributed by atoms with van der Waals surface area (Å²) in [5.41, 5.74) is 5.33. The number of hydrogen-bond donors (Lipinski definition) is 2. The number of allylic oxidation sites excluding steroid dienone is 8. The average Bonchev–Trinajstić information content (AvgIpc) is 3.16. The van der Waals surface area contributed by atoms with Gasteiger partial charge in [-0.15, -0.1) is 0 Å². The first kappa shape index (κ1) is 52.0. The van der Waals surface area contributed by atoms with E-state index in [2.05, 4.69) is 62.5 Å². The van der Waals surface area contributed by atoms with Crippen molar-refractivity contribution in [3.05, 3.63) is 48.6 Å². The van der Waals surface area contributed by atoms with Crippen molar-refractivity contribution in [3.8, 4) is 0 Å². The quantitative estimate of drug-likeness (QED) is 0.0269. The predicted octanol–water partition coefficient (Wildman–Crippen LogP) is 12.3. The third-order valence-corrected chi connectivity index (χ3v) is 9.96. The fourth-order valence-corrected chi connectivity index (χ4v) is 6.57. The molecule has 0 rings (SSSR count). The third-order valence-electron chi connectivity index (χ3n) is 8.98. The van der Waals surface area contributed by atoms with E-state index < -0.39 is 32.5 Å². The van der Waals surface area contributed by atoms with Gasteiger partial charge in [0, 0.05) is 19.4 Å². The van der Waals surface area contributed by atoms with Gasteiger partial charge in [-0.05, 0) is 51.4 Å². The highest BCUT2D eigenvalue weighted by molar-refractivity contribution is 7.47. The lowest BCUT2D eigenvalue weighted by Gasteiger charge is -2.19. The van der Waals surface area contributed by atoms with Gasteiger partial charge in [0.2, 0.25) is 0 Å².